The zero-order chi connectivity index (χ0) is 21.9. The number of hydrogen-bond acceptors (Lipinski definition) is 7. The van der Waals surface area contributed by atoms with Crippen LogP contribution in [0.2, 0.25) is 0 Å². The second-order valence-electron chi connectivity index (χ2n) is 7.27. The van der Waals surface area contributed by atoms with Crippen LogP contribution in [0.25, 0.3) is 21.9 Å². The van der Waals surface area contributed by atoms with Gasteiger partial charge in [0.05, 0.1) is 21.7 Å². The lowest BCUT2D eigenvalue weighted by atomic mass is 10.2. The highest BCUT2D eigenvalue weighted by molar-refractivity contribution is 7.09. The third-order valence-electron chi connectivity index (χ3n) is 4.94. The summed E-state index contributed by atoms with van der Waals surface area (Å²) in [5, 5.41) is 14.7. The number of nitrogens with one attached hydrogen (secondary N) is 1. The van der Waals surface area contributed by atoms with Gasteiger partial charge in [0.1, 0.15) is 17.9 Å². The summed E-state index contributed by atoms with van der Waals surface area (Å²) in [6, 6.07) is 16.9. The minimum atomic E-state index is -0.307. The number of para-hydroxylation sites is 2. The van der Waals surface area contributed by atoms with Gasteiger partial charge in [-0.1, -0.05) is 29.5 Å². The first kappa shape index (κ1) is 20.1. The van der Waals surface area contributed by atoms with Crippen LogP contribution in [0.1, 0.15) is 16.4 Å². The smallest absolute Gasteiger partial charge is 0.344 e. The molecule has 9 heteroatoms. The number of rotatable bonds is 6. The van der Waals surface area contributed by atoms with Gasteiger partial charge in [0.25, 0.3) is 0 Å². The molecule has 1 N–H and O–H groups in total. The molecule has 0 aliphatic rings. The third-order valence-corrected chi connectivity index (χ3v) is 5.90. The summed E-state index contributed by atoms with van der Waals surface area (Å²) in [5.41, 5.74) is 4.05. The van der Waals surface area contributed by atoms with Gasteiger partial charge >= 0.3 is 6.03 Å². The van der Waals surface area contributed by atoms with Crippen LogP contribution in [0.15, 0.2) is 60.0 Å². The van der Waals surface area contributed by atoms with Crippen LogP contribution >= 0.6 is 11.3 Å². The molecule has 3 aromatic heterocycles. The molecule has 32 heavy (non-hydrogen) atoms. The maximum absolute atomic E-state index is 12.4. The molecule has 2 aromatic carbocycles. The number of aryl methyl sites for hydroxylation is 1. The van der Waals surface area contributed by atoms with Crippen molar-refractivity contribution in [3.63, 3.8) is 0 Å². The average molecular weight is 445 g/mol. The summed E-state index contributed by atoms with van der Waals surface area (Å²) in [6.07, 6.45) is 0.625. The maximum atomic E-state index is 12.4. The first-order chi connectivity index (χ1) is 15.7. The number of fused-ring (bicyclic) bond motifs is 2. The summed E-state index contributed by atoms with van der Waals surface area (Å²) in [4.78, 5) is 21.6. The minimum absolute atomic E-state index is 0.307. The molecule has 0 unspecified atom stereocenters. The standard InChI is InChI=1S/C23H20N6O2S/c1-15-12-21(17-6-2-3-7-18(17)25-15)31-13-16-14-32-22(26-16)10-11-24-23(30)29-20-9-5-4-8-19(20)27-28-29/h2-9,12,14H,10-11,13H2,1H3,(H,24,30). The molecule has 1 amide bonds. The molecule has 0 aliphatic carbocycles. The van der Waals surface area contributed by atoms with E-state index < -0.39 is 0 Å². The predicted octanol–water partition coefficient (Wildman–Crippen LogP) is 4.12. The highest BCUT2D eigenvalue weighted by atomic mass is 32.1. The monoisotopic (exact) mass is 444 g/mol. The van der Waals surface area contributed by atoms with E-state index in [1.54, 1.807) is 11.3 Å². The lowest BCUT2D eigenvalue weighted by Crippen LogP contribution is -2.31. The summed E-state index contributed by atoms with van der Waals surface area (Å²) >= 11 is 1.55. The van der Waals surface area contributed by atoms with E-state index in [-0.39, 0.29) is 6.03 Å². The van der Waals surface area contributed by atoms with Crippen molar-refractivity contribution in [2.24, 2.45) is 0 Å². The van der Waals surface area contributed by atoms with E-state index in [4.69, 9.17) is 4.74 Å². The summed E-state index contributed by atoms with van der Waals surface area (Å²) in [7, 11) is 0. The molecule has 5 rings (SSSR count). The molecule has 5 aromatic rings. The number of benzene rings is 2. The summed E-state index contributed by atoms with van der Waals surface area (Å²) < 4.78 is 7.32. The number of nitrogens with zero attached hydrogens (tertiary/aromatic N) is 5. The van der Waals surface area contributed by atoms with Gasteiger partial charge in [-0.25, -0.2) is 9.78 Å². The highest BCUT2D eigenvalue weighted by Crippen LogP contribution is 2.26. The van der Waals surface area contributed by atoms with Gasteiger partial charge in [-0.2, -0.15) is 4.68 Å². The fourth-order valence-electron chi connectivity index (χ4n) is 3.44. The van der Waals surface area contributed by atoms with Gasteiger partial charge in [-0.3, -0.25) is 4.98 Å². The van der Waals surface area contributed by atoms with Gasteiger partial charge < -0.3 is 10.1 Å². The van der Waals surface area contributed by atoms with E-state index in [1.165, 1.54) is 4.68 Å². The van der Waals surface area contributed by atoms with Crippen LogP contribution < -0.4 is 10.1 Å². The number of hydrogen-bond donors (Lipinski definition) is 1. The van der Waals surface area contributed by atoms with Gasteiger partial charge in [0.15, 0.2) is 0 Å². The fraction of sp³-hybridized carbons (Fsp3) is 0.174. The van der Waals surface area contributed by atoms with E-state index in [0.717, 1.165) is 33.0 Å². The van der Waals surface area contributed by atoms with Crippen LogP contribution in [0.4, 0.5) is 4.79 Å². The molecule has 0 atom stereocenters. The number of pyridine rings is 1. The van der Waals surface area contributed by atoms with Crippen molar-refractivity contribution in [1.82, 2.24) is 30.3 Å². The van der Waals surface area contributed by atoms with Crippen molar-refractivity contribution in [1.29, 1.82) is 0 Å². The Balaban J connectivity index is 1.18. The number of carbonyl (C=O) groups is 1. The van der Waals surface area contributed by atoms with Gasteiger partial charge in [-0.15, -0.1) is 16.4 Å². The Morgan fingerprint density at radius 3 is 2.81 bits per heavy atom. The molecule has 0 spiro atoms. The average Bonchev–Trinajstić information content (AvgIpc) is 3.44. The van der Waals surface area contributed by atoms with Crippen molar-refractivity contribution in [2.45, 2.75) is 20.0 Å². The molecular weight excluding hydrogens is 424 g/mol. The minimum Gasteiger partial charge on any atom is -0.486 e. The Morgan fingerprint density at radius 2 is 1.91 bits per heavy atom. The lowest BCUT2D eigenvalue weighted by Gasteiger charge is -2.09. The second kappa shape index (κ2) is 8.72. The molecule has 8 nitrogen and oxygen atoms in total. The molecule has 0 saturated carbocycles. The molecule has 0 saturated heterocycles. The molecule has 160 valence electrons. The zero-order valence-corrected chi connectivity index (χ0v) is 18.2. The first-order valence-corrected chi connectivity index (χ1v) is 11.1. The third kappa shape index (κ3) is 4.15. The van der Waals surface area contributed by atoms with Crippen molar-refractivity contribution in [2.75, 3.05) is 6.54 Å². The Hall–Kier alpha value is -3.85. The number of carbonyl (C=O) groups excluding carboxylic acids is 1. The number of thiazole rings is 1. The second-order valence-corrected chi connectivity index (χ2v) is 8.21. The van der Waals surface area contributed by atoms with Crippen LogP contribution in [0, 0.1) is 6.92 Å². The molecule has 0 radical (unpaired) electrons. The molecule has 0 bridgehead atoms. The number of aromatic nitrogens is 5. The first-order valence-electron chi connectivity index (χ1n) is 10.2. The Kier molecular flexibility index (Phi) is 5.47. The Morgan fingerprint density at radius 1 is 1.09 bits per heavy atom. The van der Waals surface area contributed by atoms with E-state index >= 15 is 0 Å². The maximum Gasteiger partial charge on any atom is 0.344 e. The predicted molar refractivity (Wildman–Crippen MR) is 123 cm³/mol. The van der Waals surface area contributed by atoms with Gasteiger partial charge in [-0.05, 0) is 31.2 Å². The highest BCUT2D eigenvalue weighted by Gasteiger charge is 2.12. The normalized spacial score (nSPS) is 11.2. The summed E-state index contributed by atoms with van der Waals surface area (Å²) in [6.45, 7) is 2.78. The van der Waals surface area contributed by atoms with Crippen molar-refractivity contribution in [3.8, 4) is 5.75 Å². The lowest BCUT2D eigenvalue weighted by molar-refractivity contribution is 0.240. The molecular formula is C23H20N6O2S. The van der Waals surface area contributed by atoms with Gasteiger partial charge in [0.2, 0.25) is 0 Å². The Labute approximate surface area is 187 Å². The largest absolute Gasteiger partial charge is 0.486 e. The molecule has 0 aliphatic heterocycles. The van der Waals surface area contributed by atoms with E-state index in [0.29, 0.717) is 30.6 Å². The quantitative estimate of drug-likeness (QED) is 0.423. The zero-order valence-electron chi connectivity index (χ0n) is 17.4. The van der Waals surface area contributed by atoms with E-state index in [1.807, 2.05) is 66.9 Å². The molecule has 3 heterocycles. The van der Waals surface area contributed by atoms with Crippen LogP contribution in [0.3, 0.4) is 0 Å². The fourth-order valence-corrected chi connectivity index (χ4v) is 4.22. The SMILES string of the molecule is Cc1cc(OCc2csc(CCNC(=O)n3nnc4ccccc43)n2)c2ccccc2n1. The summed E-state index contributed by atoms with van der Waals surface area (Å²) in [5.74, 6) is 0.801. The van der Waals surface area contributed by atoms with E-state index in [9.17, 15) is 4.79 Å². The van der Waals surface area contributed by atoms with Crippen molar-refractivity contribution >= 4 is 39.3 Å². The number of ether oxygens (including phenoxy) is 1. The van der Waals surface area contributed by atoms with Crippen LogP contribution in [0.5, 0.6) is 5.75 Å². The van der Waals surface area contributed by atoms with E-state index in [2.05, 4.69) is 25.6 Å². The van der Waals surface area contributed by atoms with Crippen molar-refractivity contribution < 1.29 is 9.53 Å². The molecule has 0 fully saturated rings. The van der Waals surface area contributed by atoms with Crippen molar-refractivity contribution in [3.05, 3.63) is 76.4 Å². The van der Waals surface area contributed by atoms with Crippen LogP contribution in [-0.2, 0) is 13.0 Å². The van der Waals surface area contributed by atoms with Crippen LogP contribution in [-0.4, -0.2) is 37.5 Å². The Bertz CT molecular complexity index is 1410. The number of amides is 1. The topological polar surface area (TPSA) is 94.8 Å². The van der Waals surface area contributed by atoms with Gasteiger partial charge in [0, 0.05) is 35.5 Å².